The number of nitrogens with one attached hydrogen (secondary N) is 1. The van der Waals surface area contributed by atoms with E-state index in [2.05, 4.69) is 5.32 Å². The molecule has 0 atom stereocenters. The number of para-hydroxylation sites is 1. The fourth-order valence-corrected chi connectivity index (χ4v) is 2.37. The third kappa shape index (κ3) is 2.44. The smallest absolute Gasteiger partial charge is 0.291 e. The number of aryl methyl sites for hydroxylation is 1. The van der Waals surface area contributed by atoms with Gasteiger partial charge in [0.2, 0.25) is 0 Å². The van der Waals surface area contributed by atoms with Gasteiger partial charge >= 0.3 is 0 Å². The van der Waals surface area contributed by atoms with Gasteiger partial charge < -0.3 is 9.73 Å². The Balaban J connectivity index is 1.97. The van der Waals surface area contributed by atoms with Crippen LogP contribution in [-0.2, 0) is 0 Å². The number of hydrogen-bond donors (Lipinski definition) is 1. The van der Waals surface area contributed by atoms with Crippen molar-refractivity contribution < 1.29 is 18.0 Å². The fourth-order valence-electron chi connectivity index (χ4n) is 2.19. The third-order valence-electron chi connectivity index (χ3n) is 3.30. The Labute approximate surface area is 129 Å². The molecule has 1 amide bonds. The van der Waals surface area contributed by atoms with Crippen LogP contribution in [0.1, 0.15) is 16.1 Å². The van der Waals surface area contributed by atoms with Gasteiger partial charge in [-0.15, -0.1) is 0 Å². The predicted octanol–water partition coefficient (Wildman–Crippen LogP) is 4.93. The minimum Gasteiger partial charge on any atom is -0.448 e. The first-order chi connectivity index (χ1) is 10.5. The largest absolute Gasteiger partial charge is 0.448 e. The summed E-state index contributed by atoms with van der Waals surface area (Å²) < 4.78 is 32.1. The molecule has 0 spiro atoms. The van der Waals surface area contributed by atoms with E-state index in [0.717, 1.165) is 6.07 Å². The summed E-state index contributed by atoms with van der Waals surface area (Å²) in [7, 11) is 0. The lowest BCUT2D eigenvalue weighted by atomic mass is 10.1. The van der Waals surface area contributed by atoms with Gasteiger partial charge in [-0.25, -0.2) is 8.78 Å². The Morgan fingerprint density at radius 1 is 1.18 bits per heavy atom. The van der Waals surface area contributed by atoms with Crippen molar-refractivity contribution in [2.45, 2.75) is 6.92 Å². The lowest BCUT2D eigenvalue weighted by Gasteiger charge is -2.04. The molecule has 0 bridgehead atoms. The zero-order valence-electron chi connectivity index (χ0n) is 11.4. The average Bonchev–Trinajstić information content (AvgIpc) is 2.82. The van der Waals surface area contributed by atoms with Crippen LogP contribution >= 0.6 is 11.6 Å². The summed E-state index contributed by atoms with van der Waals surface area (Å²) in [5.41, 5.74) is 0.874. The highest BCUT2D eigenvalue weighted by Gasteiger charge is 2.19. The SMILES string of the molecule is Cc1c(C(=O)Nc2ccc(F)c(Cl)c2)oc2c(F)cccc12. The Kier molecular flexibility index (Phi) is 3.58. The van der Waals surface area contributed by atoms with Gasteiger partial charge in [-0.2, -0.15) is 0 Å². The number of fused-ring (bicyclic) bond motifs is 1. The van der Waals surface area contributed by atoms with Gasteiger partial charge in [-0.05, 0) is 31.2 Å². The van der Waals surface area contributed by atoms with Crippen molar-refractivity contribution >= 4 is 34.2 Å². The second kappa shape index (κ2) is 5.42. The number of anilines is 1. The van der Waals surface area contributed by atoms with Crippen molar-refractivity contribution in [1.29, 1.82) is 0 Å². The number of halogens is 3. The van der Waals surface area contributed by atoms with E-state index >= 15 is 0 Å². The van der Waals surface area contributed by atoms with Crippen LogP contribution in [-0.4, -0.2) is 5.91 Å². The topological polar surface area (TPSA) is 42.2 Å². The molecular formula is C16H10ClF2NO2. The zero-order valence-corrected chi connectivity index (χ0v) is 12.2. The van der Waals surface area contributed by atoms with Crippen LogP contribution < -0.4 is 5.32 Å². The number of carbonyl (C=O) groups is 1. The maximum Gasteiger partial charge on any atom is 0.291 e. The molecule has 0 unspecified atom stereocenters. The third-order valence-corrected chi connectivity index (χ3v) is 3.59. The maximum absolute atomic E-state index is 13.7. The van der Waals surface area contributed by atoms with Crippen molar-refractivity contribution in [3.8, 4) is 0 Å². The van der Waals surface area contributed by atoms with Gasteiger partial charge in [-0.1, -0.05) is 23.7 Å². The highest BCUT2D eigenvalue weighted by molar-refractivity contribution is 6.31. The maximum atomic E-state index is 13.7. The van der Waals surface area contributed by atoms with E-state index in [0.29, 0.717) is 16.6 Å². The van der Waals surface area contributed by atoms with E-state index in [1.807, 2.05) is 0 Å². The van der Waals surface area contributed by atoms with Crippen molar-refractivity contribution in [3.05, 3.63) is 64.4 Å². The van der Waals surface area contributed by atoms with Crippen molar-refractivity contribution in [2.75, 3.05) is 5.32 Å². The zero-order chi connectivity index (χ0) is 15.9. The number of rotatable bonds is 2. The molecule has 22 heavy (non-hydrogen) atoms. The molecule has 1 aromatic heterocycles. The second-order valence-electron chi connectivity index (χ2n) is 4.76. The summed E-state index contributed by atoms with van der Waals surface area (Å²) in [4.78, 5) is 12.2. The molecule has 6 heteroatoms. The van der Waals surface area contributed by atoms with Crippen LogP contribution in [0, 0.1) is 18.6 Å². The van der Waals surface area contributed by atoms with Crippen LogP contribution in [0.3, 0.4) is 0 Å². The first-order valence-corrected chi connectivity index (χ1v) is 6.79. The van der Waals surface area contributed by atoms with Gasteiger partial charge in [0, 0.05) is 16.6 Å². The monoisotopic (exact) mass is 321 g/mol. The van der Waals surface area contributed by atoms with Crippen LogP contribution in [0.25, 0.3) is 11.0 Å². The summed E-state index contributed by atoms with van der Waals surface area (Å²) in [5, 5.41) is 2.96. The minimum atomic E-state index is -0.582. The molecule has 0 saturated carbocycles. The molecule has 0 aliphatic rings. The molecule has 112 valence electrons. The van der Waals surface area contributed by atoms with Crippen LogP contribution in [0.15, 0.2) is 40.8 Å². The molecule has 0 saturated heterocycles. The first kappa shape index (κ1) is 14.5. The summed E-state index contributed by atoms with van der Waals surface area (Å²) in [5.74, 6) is -1.68. The Bertz CT molecular complexity index is 889. The Hall–Kier alpha value is -2.40. The molecule has 3 nitrogen and oxygen atoms in total. The quantitative estimate of drug-likeness (QED) is 0.727. The van der Waals surface area contributed by atoms with E-state index in [4.69, 9.17) is 16.0 Å². The summed E-state index contributed by atoms with van der Waals surface area (Å²) in [6, 6.07) is 8.27. The van der Waals surface area contributed by atoms with Crippen molar-refractivity contribution in [1.82, 2.24) is 0 Å². The Morgan fingerprint density at radius 2 is 1.95 bits per heavy atom. The van der Waals surface area contributed by atoms with Crippen LogP contribution in [0.2, 0.25) is 5.02 Å². The normalized spacial score (nSPS) is 10.9. The number of furan rings is 1. The highest BCUT2D eigenvalue weighted by atomic mass is 35.5. The van der Waals surface area contributed by atoms with E-state index in [1.54, 1.807) is 19.1 Å². The fraction of sp³-hybridized carbons (Fsp3) is 0.0625. The van der Waals surface area contributed by atoms with E-state index in [9.17, 15) is 13.6 Å². The number of hydrogen-bond acceptors (Lipinski definition) is 2. The highest BCUT2D eigenvalue weighted by Crippen LogP contribution is 2.28. The minimum absolute atomic E-state index is 0.000507. The van der Waals surface area contributed by atoms with E-state index < -0.39 is 17.5 Å². The predicted molar refractivity (Wildman–Crippen MR) is 80.3 cm³/mol. The first-order valence-electron chi connectivity index (χ1n) is 6.41. The molecule has 0 aliphatic heterocycles. The van der Waals surface area contributed by atoms with Gasteiger partial charge in [-0.3, -0.25) is 4.79 Å². The van der Waals surface area contributed by atoms with Gasteiger partial charge in [0.1, 0.15) is 5.82 Å². The molecule has 3 aromatic rings. The molecule has 0 radical (unpaired) electrons. The Morgan fingerprint density at radius 3 is 2.64 bits per heavy atom. The molecule has 1 N–H and O–H groups in total. The average molecular weight is 322 g/mol. The lowest BCUT2D eigenvalue weighted by molar-refractivity contribution is 0.0997. The molecule has 0 fully saturated rings. The van der Waals surface area contributed by atoms with Crippen molar-refractivity contribution in [3.63, 3.8) is 0 Å². The van der Waals surface area contributed by atoms with Gasteiger partial charge in [0.15, 0.2) is 17.2 Å². The summed E-state index contributed by atoms with van der Waals surface area (Å²) in [6.45, 7) is 1.66. The lowest BCUT2D eigenvalue weighted by Crippen LogP contribution is -2.12. The molecular weight excluding hydrogens is 312 g/mol. The molecule has 2 aromatic carbocycles. The standard InChI is InChI=1S/C16H10ClF2NO2/c1-8-10-3-2-4-13(19)15(10)22-14(8)16(21)20-9-5-6-12(18)11(17)7-9/h2-7H,1H3,(H,20,21). The molecule has 1 heterocycles. The van der Waals surface area contributed by atoms with Crippen molar-refractivity contribution in [2.24, 2.45) is 0 Å². The van der Waals surface area contributed by atoms with Gasteiger partial charge in [0.05, 0.1) is 5.02 Å². The molecule has 0 aliphatic carbocycles. The number of benzene rings is 2. The van der Waals surface area contributed by atoms with E-state index in [-0.39, 0.29) is 16.4 Å². The van der Waals surface area contributed by atoms with Crippen LogP contribution in [0.5, 0.6) is 0 Å². The summed E-state index contributed by atoms with van der Waals surface area (Å²) in [6.07, 6.45) is 0. The van der Waals surface area contributed by atoms with E-state index in [1.165, 1.54) is 18.2 Å². The number of carbonyl (C=O) groups excluding carboxylic acids is 1. The number of amides is 1. The van der Waals surface area contributed by atoms with Gasteiger partial charge in [0.25, 0.3) is 5.91 Å². The second-order valence-corrected chi connectivity index (χ2v) is 5.16. The summed E-state index contributed by atoms with van der Waals surface area (Å²) >= 11 is 5.66. The molecule has 3 rings (SSSR count). The van der Waals surface area contributed by atoms with Crippen LogP contribution in [0.4, 0.5) is 14.5 Å².